The number of nitrogens with one attached hydrogen (secondary N) is 1. The Morgan fingerprint density at radius 2 is 2.04 bits per heavy atom. The van der Waals surface area contributed by atoms with Crippen LogP contribution in [0.25, 0.3) is 5.69 Å². The van der Waals surface area contributed by atoms with Gasteiger partial charge in [0.1, 0.15) is 0 Å². The van der Waals surface area contributed by atoms with Gasteiger partial charge in [-0.25, -0.2) is 4.68 Å². The molecule has 5 heteroatoms. The fraction of sp³-hybridized carbons (Fsp3) is 0.500. The van der Waals surface area contributed by atoms with Crippen molar-refractivity contribution < 1.29 is 4.79 Å². The quantitative estimate of drug-likeness (QED) is 0.881. The molecule has 0 bridgehead atoms. The van der Waals surface area contributed by atoms with Gasteiger partial charge in [-0.3, -0.25) is 9.69 Å². The molecular weight excluding hydrogens is 312 g/mol. The number of aromatic nitrogens is 2. The Balaban J connectivity index is 1.25. The number of likely N-dealkylation sites (tertiary alicyclic amines) is 1. The summed E-state index contributed by atoms with van der Waals surface area (Å²) in [5.41, 5.74) is 2.33. The minimum Gasteiger partial charge on any atom is -0.356 e. The standard InChI is InChI=1S/C20H26N4O/c25-20(18-5-4-6-18)21-11-16-9-10-23(13-16)14-17-12-22-24(15-17)19-7-2-1-3-8-19/h1-3,7-8,12,15-16,18H,4-6,9-11,13-14H2,(H,21,25). The lowest BCUT2D eigenvalue weighted by Crippen LogP contribution is -2.37. The number of carbonyl (C=O) groups excluding carboxylic acids is 1. The predicted molar refractivity (Wildman–Crippen MR) is 97.3 cm³/mol. The second-order valence-electron chi connectivity index (χ2n) is 7.39. The highest BCUT2D eigenvalue weighted by Gasteiger charge is 2.27. The van der Waals surface area contributed by atoms with E-state index >= 15 is 0 Å². The molecule has 1 aliphatic heterocycles. The monoisotopic (exact) mass is 338 g/mol. The fourth-order valence-electron chi connectivity index (χ4n) is 3.70. The molecule has 2 heterocycles. The van der Waals surface area contributed by atoms with E-state index in [1.807, 2.05) is 29.1 Å². The van der Waals surface area contributed by atoms with Gasteiger partial charge < -0.3 is 5.32 Å². The van der Waals surface area contributed by atoms with E-state index in [2.05, 4.69) is 33.6 Å². The fourth-order valence-corrected chi connectivity index (χ4v) is 3.70. The molecule has 25 heavy (non-hydrogen) atoms. The zero-order valence-electron chi connectivity index (χ0n) is 14.6. The summed E-state index contributed by atoms with van der Waals surface area (Å²) in [6.45, 7) is 3.91. The van der Waals surface area contributed by atoms with Crippen LogP contribution >= 0.6 is 0 Å². The molecule has 1 N–H and O–H groups in total. The first-order chi connectivity index (χ1) is 12.3. The molecule has 5 nitrogen and oxygen atoms in total. The highest BCUT2D eigenvalue weighted by atomic mass is 16.1. The third-order valence-corrected chi connectivity index (χ3v) is 5.47. The summed E-state index contributed by atoms with van der Waals surface area (Å²) >= 11 is 0. The minimum atomic E-state index is 0.272. The first kappa shape index (κ1) is 16.3. The summed E-state index contributed by atoms with van der Waals surface area (Å²) in [5, 5.41) is 7.63. The lowest BCUT2D eigenvalue weighted by atomic mass is 9.85. The molecule has 1 unspecified atom stereocenters. The Morgan fingerprint density at radius 1 is 1.20 bits per heavy atom. The lowest BCUT2D eigenvalue weighted by Gasteiger charge is -2.25. The molecule has 1 amide bonds. The van der Waals surface area contributed by atoms with Gasteiger partial charge in [-0.2, -0.15) is 5.10 Å². The first-order valence-electron chi connectivity index (χ1n) is 9.37. The van der Waals surface area contributed by atoms with E-state index in [0.29, 0.717) is 11.8 Å². The highest BCUT2D eigenvalue weighted by Crippen LogP contribution is 2.26. The maximum Gasteiger partial charge on any atom is 0.223 e. The third kappa shape index (κ3) is 3.93. The molecule has 1 aromatic heterocycles. The van der Waals surface area contributed by atoms with Gasteiger partial charge in [0.05, 0.1) is 11.9 Å². The molecular formula is C20H26N4O. The van der Waals surface area contributed by atoms with Gasteiger partial charge >= 0.3 is 0 Å². The van der Waals surface area contributed by atoms with Crippen LogP contribution in [0.1, 0.15) is 31.2 Å². The molecule has 1 aromatic carbocycles. The number of benzene rings is 1. The SMILES string of the molecule is O=C(NCC1CCN(Cc2cnn(-c3ccccc3)c2)C1)C1CCC1. The normalized spacial score (nSPS) is 21.2. The average Bonchev–Trinajstić information content (AvgIpc) is 3.22. The molecule has 2 aromatic rings. The van der Waals surface area contributed by atoms with Crippen molar-refractivity contribution in [3.05, 3.63) is 48.3 Å². The molecule has 0 radical (unpaired) electrons. The van der Waals surface area contributed by atoms with Crippen molar-refractivity contribution >= 4 is 5.91 Å². The first-order valence-corrected chi connectivity index (χ1v) is 9.37. The van der Waals surface area contributed by atoms with Crippen molar-refractivity contribution in [1.82, 2.24) is 20.0 Å². The molecule has 132 valence electrons. The highest BCUT2D eigenvalue weighted by molar-refractivity contribution is 5.79. The Bertz CT molecular complexity index is 707. The summed E-state index contributed by atoms with van der Waals surface area (Å²) in [4.78, 5) is 14.4. The summed E-state index contributed by atoms with van der Waals surface area (Å²) in [7, 11) is 0. The van der Waals surface area contributed by atoms with Gasteiger partial charge in [-0.05, 0) is 43.9 Å². The van der Waals surface area contributed by atoms with E-state index in [0.717, 1.165) is 51.1 Å². The van der Waals surface area contributed by atoms with Gasteiger partial charge in [0.25, 0.3) is 0 Å². The Morgan fingerprint density at radius 3 is 2.80 bits per heavy atom. The van der Waals surface area contributed by atoms with Gasteiger partial charge in [0.15, 0.2) is 0 Å². The summed E-state index contributed by atoms with van der Waals surface area (Å²) < 4.78 is 1.93. The predicted octanol–water partition coefficient (Wildman–Crippen LogP) is 2.61. The van der Waals surface area contributed by atoms with E-state index in [9.17, 15) is 4.79 Å². The van der Waals surface area contributed by atoms with Gasteiger partial charge in [0.2, 0.25) is 5.91 Å². The molecule has 2 aliphatic rings. The number of para-hydroxylation sites is 1. The molecule has 2 fully saturated rings. The van der Waals surface area contributed by atoms with Crippen molar-refractivity contribution in [3.63, 3.8) is 0 Å². The Labute approximate surface area is 149 Å². The number of amides is 1. The van der Waals surface area contributed by atoms with E-state index in [-0.39, 0.29) is 5.91 Å². The number of nitrogens with zero attached hydrogens (tertiary/aromatic N) is 3. The number of hydrogen-bond donors (Lipinski definition) is 1. The second kappa shape index (κ2) is 7.40. The largest absolute Gasteiger partial charge is 0.356 e. The van der Waals surface area contributed by atoms with Crippen molar-refractivity contribution in [2.75, 3.05) is 19.6 Å². The van der Waals surface area contributed by atoms with Crippen molar-refractivity contribution in [2.45, 2.75) is 32.2 Å². The summed E-state index contributed by atoms with van der Waals surface area (Å²) in [6, 6.07) is 10.2. The number of rotatable bonds is 6. The van der Waals surface area contributed by atoms with E-state index in [4.69, 9.17) is 0 Å². The molecule has 0 spiro atoms. The maximum absolute atomic E-state index is 12.0. The van der Waals surface area contributed by atoms with Gasteiger partial charge in [-0.1, -0.05) is 24.6 Å². The van der Waals surface area contributed by atoms with E-state index < -0.39 is 0 Å². The second-order valence-corrected chi connectivity index (χ2v) is 7.39. The molecule has 1 saturated heterocycles. The Hall–Kier alpha value is -2.14. The number of carbonyl (C=O) groups is 1. The van der Waals surface area contributed by atoms with Crippen LogP contribution in [-0.2, 0) is 11.3 Å². The van der Waals surface area contributed by atoms with Crippen LogP contribution in [0, 0.1) is 11.8 Å². The van der Waals surface area contributed by atoms with E-state index in [1.54, 1.807) is 0 Å². The van der Waals surface area contributed by atoms with Crippen molar-refractivity contribution in [2.24, 2.45) is 11.8 Å². The molecule has 4 rings (SSSR count). The van der Waals surface area contributed by atoms with Crippen LogP contribution in [-0.4, -0.2) is 40.2 Å². The van der Waals surface area contributed by atoms with Gasteiger partial charge in [-0.15, -0.1) is 0 Å². The maximum atomic E-state index is 12.0. The smallest absolute Gasteiger partial charge is 0.223 e. The van der Waals surface area contributed by atoms with Crippen LogP contribution in [0.3, 0.4) is 0 Å². The van der Waals surface area contributed by atoms with Crippen LogP contribution in [0.2, 0.25) is 0 Å². The van der Waals surface area contributed by atoms with Crippen LogP contribution in [0.4, 0.5) is 0 Å². The molecule has 1 aliphatic carbocycles. The molecule has 1 saturated carbocycles. The Kier molecular flexibility index (Phi) is 4.83. The van der Waals surface area contributed by atoms with Crippen molar-refractivity contribution in [3.8, 4) is 5.69 Å². The van der Waals surface area contributed by atoms with E-state index in [1.165, 1.54) is 12.0 Å². The van der Waals surface area contributed by atoms with Crippen LogP contribution < -0.4 is 5.32 Å². The topological polar surface area (TPSA) is 50.2 Å². The number of hydrogen-bond acceptors (Lipinski definition) is 3. The average molecular weight is 338 g/mol. The van der Waals surface area contributed by atoms with Crippen LogP contribution in [0.15, 0.2) is 42.7 Å². The zero-order chi connectivity index (χ0) is 17.1. The zero-order valence-corrected chi connectivity index (χ0v) is 14.6. The minimum absolute atomic E-state index is 0.272. The van der Waals surface area contributed by atoms with Crippen molar-refractivity contribution in [1.29, 1.82) is 0 Å². The van der Waals surface area contributed by atoms with Crippen LogP contribution in [0.5, 0.6) is 0 Å². The summed E-state index contributed by atoms with van der Waals surface area (Å²) in [6.07, 6.45) is 8.60. The summed E-state index contributed by atoms with van der Waals surface area (Å²) in [5.74, 6) is 1.14. The lowest BCUT2D eigenvalue weighted by molar-refractivity contribution is -0.127. The van der Waals surface area contributed by atoms with Gasteiger partial charge in [0, 0.05) is 37.3 Å². The molecule has 1 atom stereocenters. The third-order valence-electron chi connectivity index (χ3n) is 5.47.